The van der Waals surface area contributed by atoms with Crippen molar-refractivity contribution < 1.29 is 9.90 Å². The molecule has 0 saturated heterocycles. The van der Waals surface area contributed by atoms with Gasteiger partial charge < -0.3 is 9.90 Å². The Morgan fingerprint density at radius 2 is 1.93 bits per heavy atom. The lowest BCUT2D eigenvalue weighted by Gasteiger charge is -2.27. The van der Waals surface area contributed by atoms with Crippen molar-refractivity contribution in [1.29, 1.82) is 0 Å². The second-order valence-corrected chi connectivity index (χ2v) is 3.92. The van der Waals surface area contributed by atoms with Gasteiger partial charge in [0.1, 0.15) is 12.2 Å². The molecule has 0 saturated carbocycles. The highest BCUT2D eigenvalue weighted by atomic mass is 16.4. The molecule has 1 rings (SSSR count). The van der Waals surface area contributed by atoms with Gasteiger partial charge in [0.2, 0.25) is 0 Å². The molecular weight excluding hydrogens is 190 g/mol. The first-order chi connectivity index (χ1) is 7.02. The first-order valence-corrected chi connectivity index (χ1v) is 4.78. The number of para-hydroxylation sites is 1. The highest BCUT2D eigenvalue weighted by Gasteiger charge is 2.15. The Balaban J connectivity index is 2.71. The zero-order valence-electron chi connectivity index (χ0n) is 9.01. The van der Waals surface area contributed by atoms with Gasteiger partial charge in [0.15, 0.2) is 0 Å². The molecule has 15 heavy (non-hydrogen) atoms. The molecule has 0 aliphatic carbocycles. The SMILES string of the molecule is C[N+](C)(CC=CC(=O)[O-])c1ccccc1. The summed E-state index contributed by atoms with van der Waals surface area (Å²) in [5.74, 6) is -1.15. The van der Waals surface area contributed by atoms with Gasteiger partial charge in [-0.1, -0.05) is 18.2 Å². The zero-order valence-corrected chi connectivity index (χ0v) is 9.01. The van der Waals surface area contributed by atoms with E-state index in [2.05, 4.69) is 0 Å². The molecule has 1 aromatic rings. The normalized spacial score (nSPS) is 11.9. The van der Waals surface area contributed by atoms with Crippen molar-refractivity contribution in [2.45, 2.75) is 0 Å². The monoisotopic (exact) mass is 205 g/mol. The minimum absolute atomic E-state index is 0.616. The summed E-state index contributed by atoms with van der Waals surface area (Å²) in [6.07, 6.45) is 2.69. The average Bonchev–Trinajstić information content (AvgIpc) is 2.18. The minimum atomic E-state index is -1.15. The van der Waals surface area contributed by atoms with Crippen LogP contribution in [-0.2, 0) is 4.79 Å². The van der Waals surface area contributed by atoms with E-state index in [9.17, 15) is 9.90 Å². The van der Waals surface area contributed by atoms with Crippen molar-refractivity contribution in [3.8, 4) is 0 Å². The van der Waals surface area contributed by atoms with Gasteiger partial charge in [-0.3, -0.25) is 4.48 Å². The Morgan fingerprint density at radius 1 is 1.33 bits per heavy atom. The Labute approximate surface area is 89.9 Å². The van der Waals surface area contributed by atoms with Crippen LogP contribution in [0.1, 0.15) is 0 Å². The number of quaternary nitrogens is 1. The maximum absolute atomic E-state index is 10.2. The van der Waals surface area contributed by atoms with Crippen LogP contribution < -0.4 is 9.59 Å². The van der Waals surface area contributed by atoms with Crippen molar-refractivity contribution in [2.24, 2.45) is 0 Å². The first kappa shape index (κ1) is 11.5. The highest BCUT2D eigenvalue weighted by molar-refractivity contribution is 5.77. The summed E-state index contributed by atoms with van der Waals surface area (Å²) in [4.78, 5) is 10.2. The first-order valence-electron chi connectivity index (χ1n) is 4.78. The van der Waals surface area contributed by atoms with Crippen LogP contribution in [0.4, 0.5) is 5.69 Å². The van der Waals surface area contributed by atoms with Gasteiger partial charge in [-0.25, -0.2) is 0 Å². The van der Waals surface area contributed by atoms with Crippen LogP contribution in [0.3, 0.4) is 0 Å². The number of rotatable bonds is 4. The summed E-state index contributed by atoms with van der Waals surface area (Å²) in [7, 11) is 4.05. The van der Waals surface area contributed by atoms with E-state index in [4.69, 9.17) is 0 Å². The van der Waals surface area contributed by atoms with Gasteiger partial charge >= 0.3 is 0 Å². The summed E-state index contributed by atoms with van der Waals surface area (Å²) >= 11 is 0. The van der Waals surface area contributed by atoms with Gasteiger partial charge in [-0.05, 0) is 24.3 Å². The fourth-order valence-corrected chi connectivity index (χ4v) is 1.35. The summed E-state index contributed by atoms with van der Waals surface area (Å²) < 4.78 is 0.616. The second-order valence-electron chi connectivity index (χ2n) is 3.92. The quantitative estimate of drug-likeness (QED) is 0.532. The van der Waals surface area contributed by atoms with Gasteiger partial charge in [0.25, 0.3) is 0 Å². The van der Waals surface area contributed by atoms with Crippen LogP contribution in [0.25, 0.3) is 0 Å². The lowest BCUT2D eigenvalue weighted by molar-refractivity contribution is -0.297. The molecule has 0 N–H and O–H groups in total. The molecule has 1 aromatic carbocycles. The third kappa shape index (κ3) is 3.56. The molecule has 0 radical (unpaired) electrons. The van der Waals surface area contributed by atoms with Crippen molar-refractivity contribution in [1.82, 2.24) is 4.48 Å². The topological polar surface area (TPSA) is 40.1 Å². The fourth-order valence-electron chi connectivity index (χ4n) is 1.35. The van der Waals surface area contributed by atoms with Crippen LogP contribution in [0.2, 0.25) is 0 Å². The van der Waals surface area contributed by atoms with Crippen LogP contribution >= 0.6 is 0 Å². The molecule has 3 heteroatoms. The van der Waals surface area contributed by atoms with E-state index in [1.54, 1.807) is 6.08 Å². The van der Waals surface area contributed by atoms with Crippen molar-refractivity contribution >= 4 is 11.7 Å². The average molecular weight is 205 g/mol. The van der Waals surface area contributed by atoms with Crippen molar-refractivity contribution in [2.75, 3.05) is 20.6 Å². The van der Waals surface area contributed by atoms with Gasteiger partial charge in [-0.15, -0.1) is 0 Å². The minimum Gasteiger partial charge on any atom is -0.545 e. The molecule has 0 heterocycles. The summed E-state index contributed by atoms with van der Waals surface area (Å²) in [5.41, 5.74) is 1.14. The summed E-state index contributed by atoms with van der Waals surface area (Å²) in [6, 6.07) is 9.94. The van der Waals surface area contributed by atoms with E-state index in [0.717, 1.165) is 11.8 Å². The number of carboxylic acids is 1. The molecule has 0 aliphatic rings. The molecule has 0 aliphatic heterocycles. The van der Waals surface area contributed by atoms with Crippen molar-refractivity contribution in [3.05, 3.63) is 42.5 Å². The number of aliphatic carboxylic acids is 1. The van der Waals surface area contributed by atoms with Crippen molar-refractivity contribution in [3.63, 3.8) is 0 Å². The van der Waals surface area contributed by atoms with E-state index in [-0.39, 0.29) is 0 Å². The Morgan fingerprint density at radius 3 is 2.47 bits per heavy atom. The Bertz CT molecular complexity index is 355. The molecule has 0 atom stereocenters. The number of likely N-dealkylation sites (N-methyl/N-ethyl adjacent to an activating group) is 1. The lowest BCUT2D eigenvalue weighted by atomic mass is 10.2. The number of carbonyl (C=O) groups is 1. The molecular formula is C12H15NO2. The van der Waals surface area contributed by atoms with Gasteiger partial charge in [-0.2, -0.15) is 0 Å². The third-order valence-electron chi connectivity index (χ3n) is 2.27. The predicted molar refractivity (Wildman–Crippen MR) is 59.1 cm³/mol. The second kappa shape index (κ2) is 4.75. The number of nitrogens with zero attached hydrogens (tertiary/aromatic N) is 1. The molecule has 0 amide bonds. The van der Waals surface area contributed by atoms with E-state index in [1.807, 2.05) is 44.4 Å². The van der Waals surface area contributed by atoms with Crippen LogP contribution in [0.5, 0.6) is 0 Å². The Hall–Kier alpha value is -1.61. The number of carbonyl (C=O) groups excluding carboxylic acids is 1. The fraction of sp³-hybridized carbons (Fsp3) is 0.250. The van der Waals surface area contributed by atoms with E-state index < -0.39 is 5.97 Å². The van der Waals surface area contributed by atoms with E-state index >= 15 is 0 Å². The zero-order chi connectivity index (χ0) is 11.3. The molecule has 0 spiro atoms. The number of hydrogen-bond acceptors (Lipinski definition) is 2. The maximum atomic E-state index is 10.2. The molecule has 80 valence electrons. The largest absolute Gasteiger partial charge is 0.545 e. The summed E-state index contributed by atoms with van der Waals surface area (Å²) in [5, 5.41) is 10.2. The van der Waals surface area contributed by atoms with Crippen LogP contribution in [-0.4, -0.2) is 26.6 Å². The smallest absolute Gasteiger partial charge is 0.132 e. The van der Waals surface area contributed by atoms with Crippen LogP contribution in [0.15, 0.2) is 42.5 Å². The maximum Gasteiger partial charge on any atom is 0.132 e. The molecule has 3 nitrogen and oxygen atoms in total. The Kier molecular flexibility index (Phi) is 3.63. The highest BCUT2D eigenvalue weighted by Crippen LogP contribution is 2.17. The number of carboxylic acid groups (broad SMARTS) is 1. The standard InChI is InChI=1S/C12H15NO2/c1-13(2,10-6-9-12(14)15)11-7-4-3-5-8-11/h3-9H,10H2,1-2H3. The molecule has 0 bridgehead atoms. The summed E-state index contributed by atoms with van der Waals surface area (Å²) in [6.45, 7) is 0.623. The van der Waals surface area contributed by atoms with E-state index in [1.165, 1.54) is 0 Å². The molecule has 0 fully saturated rings. The number of benzene rings is 1. The van der Waals surface area contributed by atoms with E-state index in [0.29, 0.717) is 11.0 Å². The molecule has 0 aromatic heterocycles. The molecule has 0 unspecified atom stereocenters. The van der Waals surface area contributed by atoms with Gasteiger partial charge in [0, 0.05) is 0 Å². The van der Waals surface area contributed by atoms with Crippen LogP contribution in [0, 0.1) is 0 Å². The lowest BCUT2D eigenvalue weighted by Crippen LogP contribution is -2.40. The number of hydrogen-bond donors (Lipinski definition) is 0. The predicted octanol–water partition coefficient (Wildman–Crippen LogP) is 0.560. The van der Waals surface area contributed by atoms with Gasteiger partial charge in [0.05, 0.1) is 20.1 Å². The third-order valence-corrected chi connectivity index (χ3v) is 2.27.